The molecule has 128 valence electrons. The molecule has 0 aliphatic rings. The standard InChI is InChI=1S/C14H14N2O8/c1-2-6(14(23)24)13-8(4-11(19)20)7(3-10(17)18)9(15-16-13)5-12(21)22/h2H,3-5H2,1H3,(H,17,18)(H,19,20)(H,21,22)(H,23,24). The van der Waals surface area contributed by atoms with E-state index in [2.05, 4.69) is 10.2 Å². The monoisotopic (exact) mass is 338 g/mol. The second-order valence-electron chi connectivity index (χ2n) is 4.67. The van der Waals surface area contributed by atoms with Crippen molar-refractivity contribution in [1.29, 1.82) is 0 Å². The molecule has 1 aromatic heterocycles. The van der Waals surface area contributed by atoms with E-state index in [1.54, 1.807) is 0 Å². The molecule has 0 aromatic carbocycles. The van der Waals surface area contributed by atoms with Crippen LogP contribution in [-0.2, 0) is 38.4 Å². The number of carboxylic acid groups (broad SMARTS) is 4. The Kier molecular flexibility index (Phi) is 6.10. The first-order valence-electron chi connectivity index (χ1n) is 6.60. The van der Waals surface area contributed by atoms with Crippen molar-refractivity contribution < 1.29 is 39.6 Å². The molecule has 0 amide bonds. The van der Waals surface area contributed by atoms with Gasteiger partial charge in [0.25, 0.3) is 0 Å². The van der Waals surface area contributed by atoms with Crippen LogP contribution in [0.4, 0.5) is 0 Å². The zero-order valence-electron chi connectivity index (χ0n) is 12.5. The molecule has 24 heavy (non-hydrogen) atoms. The van der Waals surface area contributed by atoms with Gasteiger partial charge in [-0.05, 0) is 18.1 Å². The molecule has 10 nitrogen and oxygen atoms in total. The largest absolute Gasteiger partial charge is 0.481 e. The van der Waals surface area contributed by atoms with Crippen LogP contribution in [0.5, 0.6) is 0 Å². The van der Waals surface area contributed by atoms with Gasteiger partial charge in [0.05, 0.1) is 30.5 Å². The maximum atomic E-state index is 11.3. The first-order valence-corrected chi connectivity index (χ1v) is 6.60. The lowest BCUT2D eigenvalue weighted by atomic mass is 9.94. The minimum atomic E-state index is -1.40. The van der Waals surface area contributed by atoms with Gasteiger partial charge in [-0.1, -0.05) is 6.08 Å². The third-order valence-electron chi connectivity index (χ3n) is 3.02. The molecule has 4 N–H and O–H groups in total. The van der Waals surface area contributed by atoms with Gasteiger partial charge in [-0.15, -0.1) is 5.10 Å². The van der Waals surface area contributed by atoms with Crippen LogP contribution in [0.3, 0.4) is 0 Å². The van der Waals surface area contributed by atoms with Crippen molar-refractivity contribution in [3.05, 3.63) is 28.6 Å². The zero-order chi connectivity index (χ0) is 18.4. The molecule has 0 atom stereocenters. The minimum absolute atomic E-state index is 0.155. The van der Waals surface area contributed by atoms with Crippen molar-refractivity contribution in [3.63, 3.8) is 0 Å². The minimum Gasteiger partial charge on any atom is -0.481 e. The molecule has 1 aromatic rings. The van der Waals surface area contributed by atoms with Crippen LogP contribution in [0.15, 0.2) is 6.08 Å². The van der Waals surface area contributed by atoms with E-state index < -0.39 is 43.1 Å². The second kappa shape index (κ2) is 7.81. The van der Waals surface area contributed by atoms with E-state index in [0.717, 1.165) is 0 Å². The van der Waals surface area contributed by atoms with E-state index >= 15 is 0 Å². The van der Waals surface area contributed by atoms with E-state index in [9.17, 15) is 24.3 Å². The van der Waals surface area contributed by atoms with Gasteiger partial charge in [0.1, 0.15) is 5.69 Å². The molecule has 0 fully saturated rings. The summed E-state index contributed by atoms with van der Waals surface area (Å²) in [6, 6.07) is 0. The topological polar surface area (TPSA) is 175 Å². The average molecular weight is 338 g/mol. The Morgan fingerprint density at radius 3 is 1.75 bits per heavy atom. The van der Waals surface area contributed by atoms with Crippen molar-refractivity contribution in [2.24, 2.45) is 0 Å². The highest BCUT2D eigenvalue weighted by molar-refractivity contribution is 6.15. The van der Waals surface area contributed by atoms with Gasteiger partial charge in [-0.25, -0.2) is 4.79 Å². The van der Waals surface area contributed by atoms with Gasteiger partial charge < -0.3 is 20.4 Å². The Bertz CT molecular complexity index is 739. The smallest absolute Gasteiger partial charge is 0.337 e. The molecule has 0 saturated heterocycles. The predicted molar refractivity (Wildman–Crippen MR) is 77.3 cm³/mol. The first-order chi connectivity index (χ1) is 11.2. The fourth-order valence-corrected chi connectivity index (χ4v) is 2.11. The van der Waals surface area contributed by atoms with Gasteiger partial charge in [0, 0.05) is 0 Å². The number of aromatic nitrogens is 2. The molecule has 1 rings (SSSR count). The Hall–Kier alpha value is -3.30. The summed E-state index contributed by atoms with van der Waals surface area (Å²) in [5, 5.41) is 43.3. The Morgan fingerprint density at radius 1 is 0.833 bits per heavy atom. The van der Waals surface area contributed by atoms with Crippen LogP contribution in [0.25, 0.3) is 5.57 Å². The molecule has 0 radical (unpaired) electrons. The second-order valence-corrected chi connectivity index (χ2v) is 4.67. The van der Waals surface area contributed by atoms with E-state index in [4.69, 9.17) is 15.3 Å². The fourth-order valence-electron chi connectivity index (χ4n) is 2.11. The van der Waals surface area contributed by atoms with Crippen molar-refractivity contribution in [2.75, 3.05) is 0 Å². The maximum absolute atomic E-state index is 11.3. The van der Waals surface area contributed by atoms with E-state index in [0.29, 0.717) is 0 Å². The molecule has 0 aliphatic carbocycles. The lowest BCUT2D eigenvalue weighted by Crippen LogP contribution is -2.19. The summed E-state index contributed by atoms with van der Waals surface area (Å²) in [6.45, 7) is 1.39. The number of hydrogen-bond donors (Lipinski definition) is 4. The maximum Gasteiger partial charge on any atom is 0.337 e. The lowest BCUT2D eigenvalue weighted by Gasteiger charge is -2.14. The SMILES string of the molecule is CC=C(C(=O)O)c1nnc(CC(=O)O)c(CC(=O)O)c1CC(=O)O. The number of carboxylic acids is 4. The van der Waals surface area contributed by atoms with Crippen molar-refractivity contribution >= 4 is 29.5 Å². The summed E-state index contributed by atoms with van der Waals surface area (Å²) in [6.07, 6.45) is -0.922. The highest BCUT2D eigenvalue weighted by atomic mass is 16.4. The average Bonchev–Trinajstić information content (AvgIpc) is 2.43. The van der Waals surface area contributed by atoms with E-state index in [-0.39, 0.29) is 28.1 Å². The number of aliphatic carboxylic acids is 4. The highest BCUT2D eigenvalue weighted by Gasteiger charge is 2.25. The Morgan fingerprint density at radius 2 is 1.33 bits per heavy atom. The van der Waals surface area contributed by atoms with Crippen LogP contribution in [0, 0.1) is 0 Å². The summed E-state index contributed by atoms with van der Waals surface area (Å²) in [5.74, 6) is -5.40. The number of carbonyl (C=O) groups is 4. The normalized spacial score (nSPS) is 11.1. The predicted octanol–water partition coefficient (Wildman–Crippen LogP) is -0.154. The summed E-state index contributed by atoms with van der Waals surface area (Å²) in [4.78, 5) is 44.3. The molecule has 0 bridgehead atoms. The molecule has 10 heteroatoms. The molecule has 1 heterocycles. The number of hydrogen-bond acceptors (Lipinski definition) is 6. The molecule has 0 saturated carbocycles. The summed E-state index contributed by atoms with van der Waals surface area (Å²) in [5.41, 5.74) is -1.19. The number of allylic oxidation sites excluding steroid dienone is 1. The fraction of sp³-hybridized carbons (Fsp3) is 0.286. The summed E-state index contributed by atoms with van der Waals surface area (Å²) < 4.78 is 0. The van der Waals surface area contributed by atoms with Crippen LogP contribution in [0.1, 0.15) is 29.4 Å². The van der Waals surface area contributed by atoms with Gasteiger partial charge in [-0.2, -0.15) is 5.10 Å². The van der Waals surface area contributed by atoms with Gasteiger partial charge >= 0.3 is 23.9 Å². The van der Waals surface area contributed by atoms with Crippen molar-refractivity contribution in [3.8, 4) is 0 Å². The third-order valence-corrected chi connectivity index (χ3v) is 3.02. The van der Waals surface area contributed by atoms with E-state index in [1.807, 2.05) is 0 Å². The molecular formula is C14H14N2O8. The van der Waals surface area contributed by atoms with Crippen molar-refractivity contribution in [2.45, 2.75) is 26.2 Å². The quantitative estimate of drug-likeness (QED) is 0.466. The van der Waals surface area contributed by atoms with Gasteiger partial charge in [0.2, 0.25) is 0 Å². The molecular weight excluding hydrogens is 324 g/mol. The molecule has 0 aliphatic heterocycles. The summed E-state index contributed by atoms with van der Waals surface area (Å²) >= 11 is 0. The van der Waals surface area contributed by atoms with Crippen LogP contribution in [-0.4, -0.2) is 54.5 Å². The number of nitrogens with zero attached hydrogens (tertiary/aromatic N) is 2. The van der Waals surface area contributed by atoms with Crippen LogP contribution >= 0.6 is 0 Å². The third kappa shape index (κ3) is 4.60. The van der Waals surface area contributed by atoms with Gasteiger partial charge in [0.15, 0.2) is 0 Å². The van der Waals surface area contributed by atoms with Crippen LogP contribution in [0.2, 0.25) is 0 Å². The number of rotatable bonds is 8. The van der Waals surface area contributed by atoms with Gasteiger partial charge in [-0.3, -0.25) is 14.4 Å². The molecule has 0 spiro atoms. The summed E-state index contributed by atoms with van der Waals surface area (Å²) in [7, 11) is 0. The molecule has 0 unspecified atom stereocenters. The highest BCUT2D eigenvalue weighted by Crippen LogP contribution is 2.24. The van der Waals surface area contributed by atoms with E-state index in [1.165, 1.54) is 13.0 Å². The van der Waals surface area contributed by atoms with Crippen molar-refractivity contribution in [1.82, 2.24) is 10.2 Å². The Labute approximate surface area is 135 Å². The Balaban J connectivity index is 3.72. The lowest BCUT2D eigenvalue weighted by molar-refractivity contribution is -0.138. The van der Waals surface area contributed by atoms with Crippen LogP contribution < -0.4 is 0 Å². The first kappa shape index (κ1) is 18.7. The zero-order valence-corrected chi connectivity index (χ0v) is 12.5.